The highest BCUT2D eigenvalue weighted by atomic mass is 79.9. The van der Waals surface area contributed by atoms with E-state index in [1.165, 1.54) is 0 Å². The van der Waals surface area contributed by atoms with Gasteiger partial charge in [-0.3, -0.25) is 0 Å². The molecule has 1 aromatic heterocycles. The maximum absolute atomic E-state index is 5.65. The number of nitrogens with zero attached hydrogens (tertiary/aromatic N) is 2. The smallest absolute Gasteiger partial charge is 0.238 e. The molecule has 0 radical (unpaired) electrons. The number of hydrogen-bond acceptors (Lipinski definition) is 4. The van der Waals surface area contributed by atoms with Crippen molar-refractivity contribution in [3.05, 3.63) is 38.4 Å². The van der Waals surface area contributed by atoms with Gasteiger partial charge in [0.15, 0.2) is 5.15 Å². The highest BCUT2D eigenvalue weighted by Gasteiger charge is 2.09. The first kappa shape index (κ1) is 13.6. The molecule has 0 bridgehead atoms. The van der Waals surface area contributed by atoms with Crippen molar-refractivity contribution in [2.45, 2.75) is 0 Å². The van der Waals surface area contributed by atoms with Crippen molar-refractivity contribution < 1.29 is 9.47 Å². The maximum Gasteiger partial charge on any atom is 0.238 e. The fourth-order valence-corrected chi connectivity index (χ4v) is 2.20. The molecule has 0 aliphatic carbocycles. The number of hydrogen-bond donors (Lipinski definition) is 0. The molecular weight excluding hydrogens is 387 g/mol. The van der Waals surface area contributed by atoms with Crippen molar-refractivity contribution in [3.8, 4) is 17.4 Å². The number of rotatable bonds is 3. The van der Waals surface area contributed by atoms with E-state index in [9.17, 15) is 0 Å². The second kappa shape index (κ2) is 5.86. The molecule has 0 aliphatic heterocycles. The molecule has 1 aromatic carbocycles. The second-order valence-electron chi connectivity index (χ2n) is 3.21. The summed E-state index contributed by atoms with van der Waals surface area (Å²) in [6.07, 6.45) is 0. The summed E-state index contributed by atoms with van der Waals surface area (Å²) in [5.74, 6) is 1.66. The minimum atomic E-state index is 0.317. The van der Waals surface area contributed by atoms with Crippen LogP contribution in [-0.2, 0) is 0 Å². The highest BCUT2D eigenvalue weighted by Crippen LogP contribution is 2.37. The third-order valence-corrected chi connectivity index (χ3v) is 3.47. The van der Waals surface area contributed by atoms with Crippen LogP contribution < -0.4 is 9.47 Å². The summed E-state index contributed by atoms with van der Waals surface area (Å²) in [7, 11) is 1.59. The lowest BCUT2D eigenvalue weighted by atomic mass is 10.3. The Hall–Kier alpha value is -0.850. The van der Waals surface area contributed by atoms with Crippen molar-refractivity contribution in [1.82, 2.24) is 10.2 Å². The summed E-state index contributed by atoms with van der Waals surface area (Å²) in [4.78, 5) is 0. The molecule has 0 aliphatic rings. The molecule has 0 spiro atoms. The van der Waals surface area contributed by atoms with E-state index in [1.54, 1.807) is 31.4 Å². The Labute approximate surface area is 126 Å². The Kier molecular flexibility index (Phi) is 4.42. The van der Waals surface area contributed by atoms with Gasteiger partial charge in [-0.1, -0.05) is 11.6 Å². The zero-order valence-corrected chi connectivity index (χ0v) is 13.1. The van der Waals surface area contributed by atoms with Crippen LogP contribution >= 0.6 is 43.5 Å². The summed E-state index contributed by atoms with van der Waals surface area (Å²) in [5.41, 5.74) is 0. The molecule has 94 valence electrons. The lowest BCUT2D eigenvalue weighted by Gasteiger charge is -2.09. The van der Waals surface area contributed by atoms with Crippen LogP contribution in [-0.4, -0.2) is 17.3 Å². The molecule has 2 aromatic rings. The molecule has 0 unspecified atom stereocenters. The van der Waals surface area contributed by atoms with Gasteiger partial charge in [0.05, 0.1) is 16.1 Å². The number of methoxy groups -OCH3 is 1. The summed E-state index contributed by atoms with van der Waals surface area (Å²) in [5, 5.41) is 7.83. The molecule has 0 amide bonds. The Balaban J connectivity index is 2.29. The average Bonchev–Trinajstić information content (AvgIpc) is 2.36. The van der Waals surface area contributed by atoms with Crippen molar-refractivity contribution in [1.29, 1.82) is 0 Å². The Morgan fingerprint density at radius 2 is 1.72 bits per heavy atom. The Bertz CT molecular complexity index is 564. The van der Waals surface area contributed by atoms with Crippen molar-refractivity contribution in [2.24, 2.45) is 0 Å². The van der Waals surface area contributed by atoms with Gasteiger partial charge in [0.2, 0.25) is 5.88 Å². The normalized spacial score (nSPS) is 10.2. The molecule has 0 atom stereocenters. The number of halogens is 3. The van der Waals surface area contributed by atoms with Crippen LogP contribution in [0.15, 0.2) is 33.2 Å². The topological polar surface area (TPSA) is 44.2 Å². The van der Waals surface area contributed by atoms with E-state index in [4.69, 9.17) is 21.1 Å². The van der Waals surface area contributed by atoms with Gasteiger partial charge in [-0.25, -0.2) is 0 Å². The van der Waals surface area contributed by atoms with Crippen LogP contribution in [0.1, 0.15) is 0 Å². The SMILES string of the molecule is COc1cc(Br)c(Oc2ccc(Cl)nn2)cc1Br. The number of benzene rings is 1. The summed E-state index contributed by atoms with van der Waals surface area (Å²) >= 11 is 12.4. The molecule has 18 heavy (non-hydrogen) atoms. The molecule has 2 rings (SSSR count). The van der Waals surface area contributed by atoms with Crippen LogP contribution in [0.4, 0.5) is 0 Å². The van der Waals surface area contributed by atoms with Crippen molar-refractivity contribution >= 4 is 43.5 Å². The number of ether oxygens (including phenoxy) is 2. The predicted octanol–water partition coefficient (Wildman–Crippen LogP) is 4.46. The second-order valence-corrected chi connectivity index (χ2v) is 5.31. The van der Waals surface area contributed by atoms with Crippen LogP contribution in [0.25, 0.3) is 0 Å². The molecule has 1 heterocycles. The minimum absolute atomic E-state index is 0.317. The van der Waals surface area contributed by atoms with Gasteiger partial charge in [-0.15, -0.1) is 10.2 Å². The third-order valence-electron chi connectivity index (χ3n) is 2.03. The van der Waals surface area contributed by atoms with Gasteiger partial charge in [0.25, 0.3) is 0 Å². The van der Waals surface area contributed by atoms with Gasteiger partial charge in [-0.05, 0) is 50.1 Å². The summed E-state index contributed by atoms with van der Waals surface area (Å²) < 4.78 is 12.3. The summed E-state index contributed by atoms with van der Waals surface area (Å²) in [6, 6.07) is 6.82. The third kappa shape index (κ3) is 3.13. The standard InChI is InChI=1S/C11H7Br2ClN2O2/c1-17-8-4-7(13)9(5-6(8)12)18-11-3-2-10(14)15-16-11/h2-5H,1H3. The lowest BCUT2D eigenvalue weighted by molar-refractivity contribution is 0.408. The Morgan fingerprint density at radius 1 is 1.06 bits per heavy atom. The van der Waals surface area contributed by atoms with E-state index in [2.05, 4.69) is 42.1 Å². The van der Waals surface area contributed by atoms with E-state index in [-0.39, 0.29) is 0 Å². The van der Waals surface area contributed by atoms with E-state index >= 15 is 0 Å². The first-order valence-corrected chi connectivity index (χ1v) is 6.76. The van der Waals surface area contributed by atoms with E-state index < -0.39 is 0 Å². The maximum atomic E-state index is 5.65. The van der Waals surface area contributed by atoms with Gasteiger partial charge in [0.1, 0.15) is 11.5 Å². The van der Waals surface area contributed by atoms with Gasteiger partial charge < -0.3 is 9.47 Å². The quantitative estimate of drug-likeness (QED) is 0.771. The zero-order valence-electron chi connectivity index (χ0n) is 9.15. The molecule has 4 nitrogen and oxygen atoms in total. The van der Waals surface area contributed by atoms with E-state index in [0.717, 1.165) is 8.95 Å². The fraction of sp³-hybridized carbons (Fsp3) is 0.0909. The monoisotopic (exact) mass is 392 g/mol. The highest BCUT2D eigenvalue weighted by molar-refractivity contribution is 9.11. The van der Waals surface area contributed by atoms with Crippen molar-refractivity contribution in [2.75, 3.05) is 7.11 Å². The zero-order chi connectivity index (χ0) is 13.1. The molecule has 0 N–H and O–H groups in total. The molecule has 0 saturated carbocycles. The summed E-state index contributed by atoms with van der Waals surface area (Å²) in [6.45, 7) is 0. The minimum Gasteiger partial charge on any atom is -0.496 e. The average molecular weight is 394 g/mol. The van der Waals surface area contributed by atoms with Crippen LogP contribution in [0, 0.1) is 0 Å². The van der Waals surface area contributed by atoms with Gasteiger partial charge in [-0.2, -0.15) is 0 Å². The first-order valence-electron chi connectivity index (χ1n) is 4.80. The Morgan fingerprint density at radius 3 is 2.33 bits per heavy atom. The van der Waals surface area contributed by atoms with Gasteiger partial charge >= 0.3 is 0 Å². The molecular formula is C11H7Br2ClN2O2. The predicted molar refractivity (Wildman–Crippen MR) is 75.5 cm³/mol. The van der Waals surface area contributed by atoms with Crippen molar-refractivity contribution in [3.63, 3.8) is 0 Å². The van der Waals surface area contributed by atoms with Crippen LogP contribution in [0.3, 0.4) is 0 Å². The lowest BCUT2D eigenvalue weighted by Crippen LogP contribution is -1.92. The van der Waals surface area contributed by atoms with E-state index in [1.807, 2.05) is 0 Å². The number of aromatic nitrogens is 2. The van der Waals surface area contributed by atoms with Gasteiger partial charge in [0, 0.05) is 6.07 Å². The van der Waals surface area contributed by atoms with Crippen LogP contribution in [0.5, 0.6) is 17.4 Å². The molecule has 0 saturated heterocycles. The fourth-order valence-electron chi connectivity index (χ4n) is 1.22. The van der Waals surface area contributed by atoms with Crippen LogP contribution in [0.2, 0.25) is 5.15 Å². The largest absolute Gasteiger partial charge is 0.496 e. The first-order chi connectivity index (χ1) is 8.60. The van der Waals surface area contributed by atoms with E-state index in [0.29, 0.717) is 22.5 Å². The molecule has 0 fully saturated rings. The molecule has 7 heteroatoms.